The average Bonchev–Trinajstić information content (AvgIpc) is 1.76. The van der Waals surface area contributed by atoms with Gasteiger partial charge in [0.25, 0.3) is 0 Å². The van der Waals surface area contributed by atoms with Crippen LogP contribution in [0.15, 0.2) is 182 Å². The number of carbonyl (C=O) groups excluding carboxylic acids is 2. The number of rotatable bonds is 18. The molecule has 2 fully saturated rings. The number of benzene rings is 6. The van der Waals surface area contributed by atoms with Gasteiger partial charge in [0.1, 0.15) is 11.5 Å². The summed E-state index contributed by atoms with van der Waals surface area (Å²) in [6.07, 6.45) is 5.67. The lowest BCUT2D eigenvalue weighted by molar-refractivity contribution is -0.119. The van der Waals surface area contributed by atoms with Crippen LogP contribution in [-0.2, 0) is 39.9 Å². The van der Waals surface area contributed by atoms with Crippen molar-refractivity contribution in [3.05, 3.63) is 216 Å². The summed E-state index contributed by atoms with van der Waals surface area (Å²) in [5.74, 6) is -0.509. The van der Waals surface area contributed by atoms with Gasteiger partial charge >= 0.3 is 0 Å². The number of thiophene rings is 2. The first-order valence-corrected chi connectivity index (χ1v) is 36.1. The van der Waals surface area contributed by atoms with Crippen molar-refractivity contribution < 1.29 is 37.4 Å². The zero-order chi connectivity index (χ0) is 65.2. The largest absolute Gasteiger partial charge is 0.453 e. The minimum Gasteiger partial charge on any atom is -0.453 e. The molecule has 21 heteroatoms. The third-order valence-corrected chi connectivity index (χ3v) is 23.8. The number of carbonyl (C=O) groups is 2. The molecule has 6 aromatic carbocycles. The molecule has 2 aliphatic heterocycles. The van der Waals surface area contributed by atoms with Gasteiger partial charge in [-0.05, 0) is 125 Å². The molecular weight excluding hydrogens is 1270 g/mol. The molecule has 4 aromatic heterocycles. The Kier molecular flexibility index (Phi) is 21.2. The van der Waals surface area contributed by atoms with Crippen molar-refractivity contribution in [3.63, 3.8) is 0 Å². The second-order valence-corrected chi connectivity index (χ2v) is 32.4. The quantitative estimate of drug-likeness (QED) is 0.0407. The van der Waals surface area contributed by atoms with Crippen LogP contribution in [0.2, 0.25) is 18.1 Å². The Bertz CT molecular complexity index is 4290. The molecule has 0 radical (unpaired) electrons. The van der Waals surface area contributed by atoms with Gasteiger partial charge in [0, 0.05) is 97.1 Å². The summed E-state index contributed by atoms with van der Waals surface area (Å²) in [7, 11) is -1.78. The first kappa shape index (κ1) is 66.2. The molecule has 0 spiro atoms. The number of hydrogen-bond donors (Lipinski definition) is 5. The lowest BCUT2D eigenvalue weighted by Gasteiger charge is -2.38. The molecule has 2 saturated heterocycles. The Labute approximate surface area is 560 Å². The van der Waals surface area contributed by atoms with E-state index in [1.807, 2.05) is 72.8 Å². The van der Waals surface area contributed by atoms with Gasteiger partial charge in [0.15, 0.2) is 41.7 Å². The fraction of sp³-hybridized carbons (Fsp3) is 0.250. The highest BCUT2D eigenvalue weighted by molar-refractivity contribution is 7.80. The summed E-state index contributed by atoms with van der Waals surface area (Å²) >= 11 is 13.6. The number of pyridine rings is 2. The van der Waals surface area contributed by atoms with Gasteiger partial charge in [-0.15, -0.1) is 22.7 Å². The first-order valence-electron chi connectivity index (χ1n) is 30.7. The summed E-state index contributed by atoms with van der Waals surface area (Å²) < 4.78 is 50.7. The molecule has 93 heavy (non-hydrogen) atoms. The minimum atomic E-state index is -1.78. The molecule has 2 amide bonds. The topological polar surface area (TPSA) is 162 Å². The molecule has 0 bridgehead atoms. The Hall–Kier alpha value is -8.22. The van der Waals surface area contributed by atoms with Gasteiger partial charge in [-0.2, -0.15) is 0 Å². The van der Waals surface area contributed by atoms with E-state index in [0.717, 1.165) is 98.0 Å². The van der Waals surface area contributed by atoms with Crippen molar-refractivity contribution in [2.75, 3.05) is 36.8 Å². The van der Waals surface area contributed by atoms with Crippen molar-refractivity contribution in [1.29, 1.82) is 0 Å². The number of hydrogen-bond acceptors (Lipinski definition) is 14. The molecule has 14 nitrogen and oxygen atoms in total. The van der Waals surface area contributed by atoms with E-state index in [4.69, 9.17) is 38.3 Å². The normalized spacial score (nSPS) is 15.1. The smallest absolute Gasteiger partial charge is 0.230 e. The predicted molar refractivity (Wildman–Crippen MR) is 380 cm³/mol. The minimum absolute atomic E-state index is 0.0587. The number of fused-ring (bicyclic) bond motifs is 2. The highest BCUT2D eigenvalue weighted by Gasteiger charge is 2.40. The molecule has 10 aromatic rings. The van der Waals surface area contributed by atoms with Crippen molar-refractivity contribution >= 4 is 109 Å². The third-order valence-electron chi connectivity index (χ3n) is 16.5. The lowest BCUT2D eigenvalue weighted by Crippen LogP contribution is -2.44. The number of β-amino-alcohol motifs (C(OH)–C–C–N with tert-alkyl or cyclic N) is 1. The maximum atomic E-state index is 15.2. The molecule has 12 rings (SSSR count). The number of ether oxygens (including phenoxy) is 2. The molecule has 2 atom stereocenters. The van der Waals surface area contributed by atoms with E-state index in [1.54, 1.807) is 48.0 Å². The van der Waals surface area contributed by atoms with Gasteiger partial charge in [-0.1, -0.05) is 130 Å². The molecule has 0 unspecified atom stereocenters. The molecule has 5 N–H and O–H groups in total. The lowest BCUT2D eigenvalue weighted by atomic mass is 10.1. The van der Waals surface area contributed by atoms with E-state index in [1.165, 1.54) is 46.7 Å². The number of aromatic nitrogens is 2. The van der Waals surface area contributed by atoms with E-state index in [2.05, 4.69) is 123 Å². The van der Waals surface area contributed by atoms with Crippen molar-refractivity contribution in [1.82, 2.24) is 30.4 Å². The zero-order valence-electron chi connectivity index (χ0n) is 52.2. The second-order valence-electron chi connectivity index (χ2n) is 24.7. The number of thiocarbonyl (C=S) groups is 2. The average molecular weight is 1340 g/mol. The van der Waals surface area contributed by atoms with Crippen LogP contribution in [0.1, 0.15) is 55.9 Å². The van der Waals surface area contributed by atoms with Crippen molar-refractivity contribution in [2.24, 2.45) is 0 Å². The number of nitrogens with one attached hydrogen (secondary N) is 4. The maximum Gasteiger partial charge on any atom is 0.230 e. The van der Waals surface area contributed by atoms with E-state index in [0.29, 0.717) is 35.5 Å². The number of halogens is 2. The summed E-state index contributed by atoms with van der Waals surface area (Å²) in [5, 5.41) is 21.1. The van der Waals surface area contributed by atoms with Crippen LogP contribution in [0.4, 0.5) is 20.2 Å². The number of anilines is 2. The first-order chi connectivity index (χ1) is 44.7. The van der Waals surface area contributed by atoms with Crippen LogP contribution in [0.5, 0.6) is 23.0 Å². The summed E-state index contributed by atoms with van der Waals surface area (Å²) in [6.45, 7) is 16.9. The van der Waals surface area contributed by atoms with Crippen LogP contribution in [0.25, 0.3) is 41.3 Å². The predicted octanol–water partition coefficient (Wildman–Crippen LogP) is 16.1. The van der Waals surface area contributed by atoms with Crippen LogP contribution in [0.3, 0.4) is 0 Å². The molecule has 6 heterocycles. The monoisotopic (exact) mass is 1340 g/mol. The van der Waals surface area contributed by atoms with Gasteiger partial charge < -0.3 is 40.3 Å². The molecule has 478 valence electrons. The van der Waals surface area contributed by atoms with E-state index >= 15 is 8.78 Å². The molecular formula is C72H72F2N8O6S4Si. The maximum absolute atomic E-state index is 15.2. The van der Waals surface area contributed by atoms with Gasteiger partial charge in [0.2, 0.25) is 11.8 Å². The highest BCUT2D eigenvalue weighted by Crippen LogP contribution is 2.43. The fourth-order valence-electron chi connectivity index (χ4n) is 10.7. The Balaban J connectivity index is 0.000000192. The number of nitrogens with zero attached hydrogens (tertiary/aromatic N) is 4. The summed E-state index contributed by atoms with van der Waals surface area (Å²) in [6, 6.07) is 52.2. The zero-order valence-corrected chi connectivity index (χ0v) is 56.5. The van der Waals surface area contributed by atoms with Crippen LogP contribution >= 0.6 is 47.1 Å². The molecule has 0 saturated carbocycles. The van der Waals surface area contributed by atoms with Crippen molar-refractivity contribution in [3.8, 4) is 43.9 Å². The molecule has 0 aliphatic carbocycles. The third kappa shape index (κ3) is 17.7. The number of aliphatic hydroxyl groups is 1. The number of amides is 2. The Morgan fingerprint density at radius 2 is 1.02 bits per heavy atom. The van der Waals surface area contributed by atoms with Crippen LogP contribution < -0.4 is 30.7 Å². The standard InChI is InChI=1S/C39H43FN4O3S2Si.C33H29FN4O3S2/c1-39(2,3)50(4,5)47-30-18-20-44(25-30)24-27-11-13-28(14-12-27)35-23-32-37(49-35)34(17-19-41-32)46-33-16-15-29(22-31(33)40)42-38(48)43-36(45)21-26-9-7-6-8-10-26;34-26-17-24(36-33(42)37-31(40)16-21-4-2-1-3-5-21)10-11-28(26)41-29-12-14-35-27-18-30(43-32(27)29)23-8-6-22(7-9-23)19-38-15-13-25(39)20-38/h6-17,19,22-23,30H,18,20-21,24-25H2,1-5H3,(H2,42,43,45,48);1-12,14,17-18,25,39H,13,15-16,19-20H2,(H2,36,37,40,42)/t30-;25-/m00/s1. The molecule has 2 aliphatic rings. The van der Waals surface area contributed by atoms with Gasteiger partial charge in [0.05, 0.1) is 45.5 Å². The number of aliphatic hydroxyl groups excluding tert-OH is 1. The van der Waals surface area contributed by atoms with Gasteiger partial charge in [-0.25, -0.2) is 8.78 Å². The second kappa shape index (κ2) is 29.8. The van der Waals surface area contributed by atoms with E-state index in [-0.39, 0.29) is 57.5 Å². The van der Waals surface area contributed by atoms with Crippen molar-refractivity contribution in [2.45, 2.75) is 89.9 Å². The number of likely N-dealkylation sites (tertiary alicyclic amines) is 2. The van der Waals surface area contributed by atoms with Crippen LogP contribution in [-0.4, -0.2) is 93.6 Å². The highest BCUT2D eigenvalue weighted by atomic mass is 32.1. The summed E-state index contributed by atoms with van der Waals surface area (Å²) in [5.41, 5.74) is 8.70. The van der Waals surface area contributed by atoms with E-state index in [9.17, 15) is 14.7 Å². The Morgan fingerprint density at radius 1 is 0.581 bits per heavy atom. The van der Waals surface area contributed by atoms with E-state index < -0.39 is 20.0 Å². The summed E-state index contributed by atoms with van der Waals surface area (Å²) in [4.78, 5) is 40.5. The van der Waals surface area contributed by atoms with Gasteiger partial charge in [-0.3, -0.25) is 29.4 Å². The SMILES string of the molecule is CC(C)(C)[Si](C)(C)O[C@H]1CCN(Cc2ccc(-c3cc4nccc(Oc5ccc(NC(=S)NC(=O)Cc6ccccc6)cc5F)c4s3)cc2)C1.O=C(Cc1ccccc1)NC(=S)Nc1ccc(Oc2ccnc3cc(-c4ccc(CN5CC[C@H](O)C5)cc4)sc23)c(F)c1. The Morgan fingerprint density at radius 3 is 1.44 bits per heavy atom. The fourth-order valence-corrected chi connectivity index (χ4v) is 14.7. The van der Waals surface area contributed by atoms with Crippen LogP contribution in [0, 0.1) is 11.6 Å².